The largest absolute Gasteiger partial charge is 0.361 e. The summed E-state index contributed by atoms with van der Waals surface area (Å²) in [6.07, 6.45) is 3.95. The SMILES string of the molecule is CCSc1ccc2cc[nH]c2c1.CCSc1ccc2cc[nH]c2c1. The molecule has 0 aliphatic rings. The van der Waals surface area contributed by atoms with Gasteiger partial charge in [-0.2, -0.15) is 0 Å². The fourth-order valence-corrected chi connectivity index (χ4v) is 3.96. The summed E-state index contributed by atoms with van der Waals surface area (Å²) in [5, 5.41) is 2.57. The standard InChI is InChI=1S/2C10H11NS/c2*1-2-12-9-4-3-8-5-6-11-10(8)7-9/h2*3-7,11H,2H2,1H3. The predicted octanol–water partition coefficient (Wildman–Crippen LogP) is 6.56. The van der Waals surface area contributed by atoms with Crippen LogP contribution in [0.4, 0.5) is 0 Å². The van der Waals surface area contributed by atoms with E-state index in [0.717, 1.165) is 11.5 Å². The first kappa shape index (κ1) is 17.1. The Morgan fingerprint density at radius 2 is 1.12 bits per heavy atom. The van der Waals surface area contributed by atoms with E-state index in [0.29, 0.717) is 0 Å². The van der Waals surface area contributed by atoms with Gasteiger partial charge in [-0.1, -0.05) is 26.0 Å². The second-order valence-corrected chi connectivity index (χ2v) is 7.99. The molecule has 0 atom stereocenters. The van der Waals surface area contributed by atoms with Crippen LogP contribution in [0.2, 0.25) is 0 Å². The van der Waals surface area contributed by atoms with Gasteiger partial charge in [0.05, 0.1) is 0 Å². The molecule has 124 valence electrons. The van der Waals surface area contributed by atoms with Crippen molar-refractivity contribution >= 4 is 45.3 Å². The number of aromatic nitrogens is 2. The molecule has 4 aromatic rings. The molecule has 2 N–H and O–H groups in total. The molecule has 0 unspecified atom stereocenters. The lowest BCUT2D eigenvalue weighted by Crippen LogP contribution is -1.73. The highest BCUT2D eigenvalue weighted by molar-refractivity contribution is 7.99. The summed E-state index contributed by atoms with van der Waals surface area (Å²) in [7, 11) is 0. The van der Waals surface area contributed by atoms with Crippen molar-refractivity contribution in [1.29, 1.82) is 0 Å². The number of hydrogen-bond acceptors (Lipinski definition) is 2. The molecule has 2 aromatic heterocycles. The summed E-state index contributed by atoms with van der Waals surface area (Å²) >= 11 is 3.75. The minimum atomic E-state index is 1.13. The van der Waals surface area contributed by atoms with Crippen molar-refractivity contribution in [2.75, 3.05) is 11.5 Å². The number of rotatable bonds is 4. The van der Waals surface area contributed by atoms with Crippen LogP contribution in [0.25, 0.3) is 21.8 Å². The minimum absolute atomic E-state index is 1.13. The fourth-order valence-electron chi connectivity index (χ4n) is 2.57. The third-order valence-corrected chi connectivity index (χ3v) is 5.43. The van der Waals surface area contributed by atoms with Crippen molar-refractivity contribution < 1.29 is 0 Å². The van der Waals surface area contributed by atoms with E-state index in [1.807, 2.05) is 35.9 Å². The topological polar surface area (TPSA) is 31.6 Å². The van der Waals surface area contributed by atoms with Crippen LogP contribution in [0.1, 0.15) is 13.8 Å². The molecule has 0 fully saturated rings. The quantitative estimate of drug-likeness (QED) is 0.407. The van der Waals surface area contributed by atoms with E-state index in [4.69, 9.17) is 0 Å². The Labute approximate surface area is 151 Å². The Bertz CT molecular complexity index is 832. The summed E-state index contributed by atoms with van der Waals surface area (Å²) < 4.78 is 0. The van der Waals surface area contributed by atoms with Gasteiger partial charge in [0.1, 0.15) is 0 Å². The highest BCUT2D eigenvalue weighted by Crippen LogP contribution is 2.23. The Hall–Kier alpha value is -1.78. The number of hydrogen-bond donors (Lipinski definition) is 2. The van der Waals surface area contributed by atoms with E-state index in [1.54, 1.807) is 0 Å². The molecule has 0 radical (unpaired) electrons. The molecule has 2 aromatic carbocycles. The average molecular weight is 355 g/mol. The zero-order valence-corrected chi connectivity index (χ0v) is 15.6. The van der Waals surface area contributed by atoms with Gasteiger partial charge in [-0.05, 0) is 58.7 Å². The third kappa shape index (κ3) is 4.19. The molecule has 4 heteroatoms. The van der Waals surface area contributed by atoms with Crippen LogP contribution in [0.5, 0.6) is 0 Å². The van der Waals surface area contributed by atoms with Crippen molar-refractivity contribution in [2.45, 2.75) is 23.6 Å². The summed E-state index contributed by atoms with van der Waals surface area (Å²) in [4.78, 5) is 9.09. The van der Waals surface area contributed by atoms with E-state index in [1.165, 1.54) is 31.6 Å². The molecule has 0 bridgehead atoms. The summed E-state index contributed by atoms with van der Waals surface area (Å²) in [5.74, 6) is 2.26. The first-order valence-corrected chi connectivity index (χ1v) is 10.2. The van der Waals surface area contributed by atoms with E-state index in [2.05, 4.69) is 72.3 Å². The van der Waals surface area contributed by atoms with E-state index >= 15 is 0 Å². The van der Waals surface area contributed by atoms with Gasteiger partial charge in [0.2, 0.25) is 0 Å². The average Bonchev–Trinajstić information content (AvgIpc) is 3.24. The van der Waals surface area contributed by atoms with E-state index in [9.17, 15) is 0 Å². The number of benzene rings is 2. The Morgan fingerprint density at radius 1 is 0.667 bits per heavy atom. The fraction of sp³-hybridized carbons (Fsp3) is 0.200. The van der Waals surface area contributed by atoms with Crippen LogP contribution >= 0.6 is 23.5 Å². The van der Waals surface area contributed by atoms with Gasteiger partial charge < -0.3 is 9.97 Å². The first-order chi connectivity index (χ1) is 11.8. The monoisotopic (exact) mass is 354 g/mol. The second kappa shape index (κ2) is 8.36. The molecule has 0 aliphatic heterocycles. The molecule has 0 aliphatic carbocycles. The highest BCUT2D eigenvalue weighted by atomic mass is 32.2. The number of aromatic amines is 2. The number of fused-ring (bicyclic) bond motifs is 2. The van der Waals surface area contributed by atoms with Crippen LogP contribution in [0.3, 0.4) is 0 Å². The highest BCUT2D eigenvalue weighted by Gasteiger charge is 1.96. The second-order valence-electron chi connectivity index (χ2n) is 5.32. The van der Waals surface area contributed by atoms with Crippen molar-refractivity contribution in [3.05, 3.63) is 60.9 Å². The molecule has 0 spiro atoms. The zero-order valence-electron chi connectivity index (χ0n) is 14.0. The molecule has 2 heterocycles. The Morgan fingerprint density at radius 3 is 1.54 bits per heavy atom. The maximum Gasteiger partial charge on any atom is 0.0465 e. The van der Waals surface area contributed by atoms with Gasteiger partial charge in [0.15, 0.2) is 0 Å². The van der Waals surface area contributed by atoms with Crippen molar-refractivity contribution in [3.8, 4) is 0 Å². The Balaban J connectivity index is 0.000000141. The molecule has 2 nitrogen and oxygen atoms in total. The predicted molar refractivity (Wildman–Crippen MR) is 109 cm³/mol. The van der Waals surface area contributed by atoms with Crippen molar-refractivity contribution in [1.82, 2.24) is 9.97 Å². The zero-order chi connectivity index (χ0) is 16.8. The summed E-state index contributed by atoms with van der Waals surface area (Å²) in [6, 6.07) is 17.2. The molecular formula is C20H22N2S2. The van der Waals surface area contributed by atoms with Gasteiger partial charge in [-0.3, -0.25) is 0 Å². The molecule has 0 saturated carbocycles. The minimum Gasteiger partial charge on any atom is -0.361 e. The number of thioether (sulfide) groups is 2. The van der Waals surface area contributed by atoms with Gasteiger partial charge in [0.25, 0.3) is 0 Å². The van der Waals surface area contributed by atoms with Crippen LogP contribution < -0.4 is 0 Å². The van der Waals surface area contributed by atoms with Crippen LogP contribution in [0, 0.1) is 0 Å². The van der Waals surface area contributed by atoms with Gasteiger partial charge in [-0.25, -0.2) is 0 Å². The van der Waals surface area contributed by atoms with Gasteiger partial charge >= 0.3 is 0 Å². The third-order valence-electron chi connectivity index (χ3n) is 3.67. The number of H-pyrrole nitrogens is 2. The lowest BCUT2D eigenvalue weighted by molar-refractivity contribution is 1.42. The molecule has 24 heavy (non-hydrogen) atoms. The molecule has 4 rings (SSSR count). The van der Waals surface area contributed by atoms with E-state index < -0.39 is 0 Å². The normalized spacial score (nSPS) is 10.8. The van der Waals surface area contributed by atoms with Crippen molar-refractivity contribution in [3.63, 3.8) is 0 Å². The molecular weight excluding hydrogens is 332 g/mol. The molecule has 0 saturated heterocycles. The Kier molecular flexibility index (Phi) is 5.94. The molecule has 0 amide bonds. The van der Waals surface area contributed by atoms with E-state index in [-0.39, 0.29) is 0 Å². The van der Waals surface area contributed by atoms with Crippen molar-refractivity contribution in [2.24, 2.45) is 0 Å². The van der Waals surface area contributed by atoms with Gasteiger partial charge in [-0.15, -0.1) is 23.5 Å². The lowest BCUT2D eigenvalue weighted by Gasteiger charge is -1.97. The van der Waals surface area contributed by atoms with Crippen LogP contribution in [0.15, 0.2) is 70.7 Å². The summed E-state index contributed by atoms with van der Waals surface area (Å²) in [6.45, 7) is 4.34. The maximum atomic E-state index is 3.21. The van der Waals surface area contributed by atoms with Crippen LogP contribution in [-0.2, 0) is 0 Å². The van der Waals surface area contributed by atoms with Crippen LogP contribution in [-0.4, -0.2) is 21.5 Å². The van der Waals surface area contributed by atoms with Gasteiger partial charge in [0, 0.05) is 33.2 Å². The maximum absolute atomic E-state index is 3.21. The summed E-state index contributed by atoms with van der Waals surface area (Å²) in [5.41, 5.74) is 2.46. The number of nitrogens with one attached hydrogen (secondary N) is 2. The first-order valence-electron chi connectivity index (χ1n) is 8.20. The smallest absolute Gasteiger partial charge is 0.0465 e. The lowest BCUT2D eigenvalue weighted by atomic mass is 10.2.